The second kappa shape index (κ2) is 10.1. The zero-order valence-corrected chi connectivity index (χ0v) is 20.1. The van der Waals surface area contributed by atoms with Crippen LogP contribution in [0.3, 0.4) is 0 Å². The van der Waals surface area contributed by atoms with Crippen LogP contribution < -0.4 is 16.3 Å². The molecule has 1 unspecified atom stereocenters. The van der Waals surface area contributed by atoms with Gasteiger partial charge in [0.05, 0.1) is 24.8 Å². The summed E-state index contributed by atoms with van der Waals surface area (Å²) in [5.74, 6) is -2.68. The number of aliphatic carboxylic acids is 1. The monoisotopic (exact) mass is 490 g/mol. The van der Waals surface area contributed by atoms with E-state index in [9.17, 15) is 24.3 Å². The lowest BCUT2D eigenvalue weighted by Crippen LogP contribution is -2.48. The lowest BCUT2D eigenvalue weighted by molar-refractivity contribution is -0.143. The summed E-state index contributed by atoms with van der Waals surface area (Å²) in [7, 11) is 0. The summed E-state index contributed by atoms with van der Waals surface area (Å²) >= 11 is 0. The normalized spacial score (nSPS) is 12.1. The predicted molar refractivity (Wildman–Crippen MR) is 134 cm³/mol. The number of carboxylic acid groups (broad SMARTS) is 1. The minimum Gasteiger partial charge on any atom is -0.480 e. The van der Waals surface area contributed by atoms with Gasteiger partial charge in [0.2, 0.25) is 11.8 Å². The summed E-state index contributed by atoms with van der Waals surface area (Å²) in [5.41, 5.74) is 2.90. The first-order chi connectivity index (χ1) is 17.2. The lowest BCUT2D eigenvalue weighted by Gasteiger charge is -2.18. The van der Waals surface area contributed by atoms with Crippen molar-refractivity contribution in [3.63, 3.8) is 0 Å². The highest BCUT2D eigenvalue weighted by atomic mass is 16.4. The molecule has 186 valence electrons. The maximum Gasteiger partial charge on any atom is 0.340 e. The number of nitrogens with one attached hydrogen (secondary N) is 2. The molecule has 0 aliphatic carbocycles. The molecule has 0 spiro atoms. The van der Waals surface area contributed by atoms with E-state index in [1.807, 2.05) is 36.4 Å². The van der Waals surface area contributed by atoms with Gasteiger partial charge in [-0.25, -0.2) is 9.59 Å². The Kier molecular flexibility index (Phi) is 6.91. The van der Waals surface area contributed by atoms with E-state index in [1.54, 1.807) is 33.1 Å². The molecule has 0 aliphatic rings. The molecule has 2 heterocycles. The zero-order chi connectivity index (χ0) is 26.0. The number of hydrogen-bond donors (Lipinski definition) is 3. The van der Waals surface area contributed by atoms with E-state index in [-0.39, 0.29) is 17.9 Å². The molecule has 0 fully saturated rings. The van der Waals surface area contributed by atoms with E-state index in [0.29, 0.717) is 22.1 Å². The Morgan fingerprint density at radius 3 is 2.39 bits per heavy atom. The number of amides is 2. The number of furan rings is 1. The van der Waals surface area contributed by atoms with Crippen LogP contribution in [0.25, 0.3) is 33.1 Å². The van der Waals surface area contributed by atoms with Crippen LogP contribution in [0.15, 0.2) is 62.4 Å². The quantitative estimate of drug-likeness (QED) is 0.322. The molecule has 1 atom stereocenters. The van der Waals surface area contributed by atoms with Crippen LogP contribution in [0, 0.1) is 12.8 Å². The van der Waals surface area contributed by atoms with Crippen LogP contribution in [0.4, 0.5) is 0 Å². The fourth-order valence-corrected chi connectivity index (χ4v) is 4.10. The van der Waals surface area contributed by atoms with Gasteiger partial charge >= 0.3 is 11.6 Å². The Morgan fingerprint density at radius 1 is 1.00 bits per heavy atom. The molecule has 2 aromatic carbocycles. The Balaban J connectivity index is 1.56. The molecule has 2 amide bonds. The summed E-state index contributed by atoms with van der Waals surface area (Å²) in [4.78, 5) is 48.5. The van der Waals surface area contributed by atoms with Crippen molar-refractivity contribution in [2.24, 2.45) is 5.92 Å². The Bertz CT molecular complexity index is 1520. The van der Waals surface area contributed by atoms with E-state index in [4.69, 9.17) is 8.83 Å². The molecule has 9 nitrogen and oxygen atoms in total. The molecule has 2 aromatic heterocycles. The van der Waals surface area contributed by atoms with Gasteiger partial charge in [-0.2, -0.15) is 0 Å². The third-order valence-corrected chi connectivity index (χ3v) is 6.10. The second-order valence-corrected chi connectivity index (χ2v) is 8.93. The largest absolute Gasteiger partial charge is 0.480 e. The Hall–Kier alpha value is -4.40. The number of rotatable bonds is 8. The highest BCUT2D eigenvalue weighted by molar-refractivity contribution is 6.02. The average molecular weight is 491 g/mol. The molecule has 0 bridgehead atoms. The van der Waals surface area contributed by atoms with Crippen LogP contribution >= 0.6 is 0 Å². The fourth-order valence-electron chi connectivity index (χ4n) is 4.10. The second-order valence-electron chi connectivity index (χ2n) is 8.93. The summed E-state index contributed by atoms with van der Waals surface area (Å²) in [6.45, 7) is 4.66. The molecule has 0 aliphatic heterocycles. The van der Waals surface area contributed by atoms with Crippen molar-refractivity contribution < 1.29 is 28.3 Å². The molecule has 36 heavy (non-hydrogen) atoms. The van der Waals surface area contributed by atoms with Crippen LogP contribution in [0.1, 0.15) is 25.0 Å². The summed E-state index contributed by atoms with van der Waals surface area (Å²) in [6.07, 6.45) is 1.36. The molecular weight excluding hydrogens is 464 g/mol. The summed E-state index contributed by atoms with van der Waals surface area (Å²) in [5, 5.41) is 15.5. The maximum atomic E-state index is 12.7. The first-order valence-corrected chi connectivity index (χ1v) is 11.5. The van der Waals surface area contributed by atoms with Gasteiger partial charge in [-0.05, 0) is 30.0 Å². The number of carbonyl (C=O) groups is 3. The first kappa shape index (κ1) is 24.7. The zero-order valence-electron chi connectivity index (χ0n) is 20.1. The highest BCUT2D eigenvalue weighted by Crippen LogP contribution is 2.34. The third-order valence-electron chi connectivity index (χ3n) is 6.10. The molecule has 0 saturated carbocycles. The van der Waals surface area contributed by atoms with E-state index in [2.05, 4.69) is 10.6 Å². The van der Waals surface area contributed by atoms with Gasteiger partial charge in [0.15, 0.2) is 0 Å². The van der Waals surface area contributed by atoms with E-state index in [0.717, 1.165) is 16.5 Å². The first-order valence-electron chi connectivity index (χ1n) is 11.5. The number of hydrogen-bond acceptors (Lipinski definition) is 6. The van der Waals surface area contributed by atoms with Crippen LogP contribution in [-0.4, -0.2) is 35.5 Å². The van der Waals surface area contributed by atoms with Gasteiger partial charge in [0, 0.05) is 22.4 Å². The van der Waals surface area contributed by atoms with E-state index >= 15 is 0 Å². The topological polar surface area (TPSA) is 139 Å². The predicted octanol–water partition coefficient (Wildman–Crippen LogP) is 3.40. The number of carbonyl (C=O) groups excluding carboxylic acids is 2. The van der Waals surface area contributed by atoms with Crippen molar-refractivity contribution in [3.8, 4) is 11.1 Å². The molecule has 0 radical (unpaired) electrons. The van der Waals surface area contributed by atoms with E-state index in [1.165, 1.54) is 0 Å². The lowest BCUT2D eigenvalue weighted by atomic mass is 9.99. The molecule has 9 heteroatoms. The molecule has 4 aromatic rings. The fraction of sp³-hybridized carbons (Fsp3) is 0.259. The van der Waals surface area contributed by atoms with Crippen LogP contribution in [0.5, 0.6) is 0 Å². The van der Waals surface area contributed by atoms with Gasteiger partial charge in [-0.3, -0.25) is 9.59 Å². The van der Waals surface area contributed by atoms with Gasteiger partial charge in [-0.15, -0.1) is 0 Å². The van der Waals surface area contributed by atoms with Crippen LogP contribution in [0.2, 0.25) is 0 Å². The third kappa shape index (κ3) is 5.00. The summed E-state index contributed by atoms with van der Waals surface area (Å²) < 4.78 is 11.2. The molecule has 0 saturated heterocycles. The van der Waals surface area contributed by atoms with E-state index < -0.39 is 36.0 Å². The standard InChI is InChI=1S/C27H26N2O7/c1-14(2)25(26(32)33)29-24(31)12-28-23(30)10-18-15(3)17-9-19-20(16-7-5-4-6-8-16)13-35-21(19)11-22(17)36-27(18)34/h4-9,11,13-14,25H,10,12H2,1-3H3,(H,28,30)(H,29,31)(H,32,33). The maximum absolute atomic E-state index is 12.7. The highest BCUT2D eigenvalue weighted by Gasteiger charge is 2.24. The van der Waals surface area contributed by atoms with Crippen molar-refractivity contribution >= 4 is 39.7 Å². The molecule has 4 rings (SSSR count). The number of carboxylic acids is 1. The Labute approximate surface area is 206 Å². The minimum absolute atomic E-state index is 0.176. The van der Waals surface area contributed by atoms with Crippen molar-refractivity contribution in [3.05, 3.63) is 70.3 Å². The number of benzene rings is 2. The molecular formula is C27H26N2O7. The van der Waals surface area contributed by atoms with Gasteiger partial charge in [0.25, 0.3) is 0 Å². The van der Waals surface area contributed by atoms with Crippen molar-refractivity contribution in [2.45, 2.75) is 33.2 Å². The van der Waals surface area contributed by atoms with Crippen molar-refractivity contribution in [1.82, 2.24) is 10.6 Å². The van der Waals surface area contributed by atoms with Crippen LogP contribution in [-0.2, 0) is 20.8 Å². The van der Waals surface area contributed by atoms with Crippen molar-refractivity contribution in [1.29, 1.82) is 0 Å². The smallest absolute Gasteiger partial charge is 0.340 e. The minimum atomic E-state index is -1.16. The number of aryl methyl sites for hydroxylation is 1. The van der Waals surface area contributed by atoms with Gasteiger partial charge in [-0.1, -0.05) is 44.2 Å². The summed E-state index contributed by atoms with van der Waals surface area (Å²) in [6, 6.07) is 12.2. The molecule has 3 N–H and O–H groups in total. The van der Waals surface area contributed by atoms with Gasteiger partial charge in [0.1, 0.15) is 17.2 Å². The van der Waals surface area contributed by atoms with Gasteiger partial charge < -0.3 is 24.6 Å². The average Bonchev–Trinajstić information content (AvgIpc) is 3.25. The number of fused-ring (bicyclic) bond motifs is 2. The van der Waals surface area contributed by atoms with Crippen molar-refractivity contribution in [2.75, 3.05) is 6.54 Å². The SMILES string of the molecule is Cc1c(CC(=O)NCC(=O)NC(C(=O)O)C(C)C)c(=O)oc2cc3occ(-c4ccccc4)c3cc12. The Morgan fingerprint density at radius 2 is 1.72 bits per heavy atom.